The molecule has 3 nitrogen and oxygen atoms in total. The van der Waals surface area contributed by atoms with Crippen molar-refractivity contribution in [3.63, 3.8) is 0 Å². The lowest BCUT2D eigenvalue weighted by atomic mass is 10.1. The number of unbranched alkanes of at least 4 members (excludes halogenated alkanes) is 1. The average molecular weight is 419 g/mol. The molecule has 0 atom stereocenters. The van der Waals surface area contributed by atoms with Crippen LogP contribution in [0.15, 0.2) is 36.4 Å². The van der Waals surface area contributed by atoms with Crippen LogP contribution in [0, 0.1) is 0 Å². The Hall–Kier alpha value is -1.42. The third-order valence-corrected chi connectivity index (χ3v) is 6.35. The van der Waals surface area contributed by atoms with Gasteiger partial charge in [-0.3, -0.25) is 4.90 Å². The molecule has 2 aliphatic rings. The number of piperazine rings is 1. The molecule has 2 aromatic carbocycles. The molecule has 4 rings (SSSR count). The summed E-state index contributed by atoms with van der Waals surface area (Å²) in [6.07, 6.45) is 5.76. The molecule has 1 aliphatic carbocycles. The van der Waals surface area contributed by atoms with Crippen LogP contribution in [0.5, 0.6) is 5.75 Å². The number of hydrogen-bond acceptors (Lipinski definition) is 3. The predicted octanol–water partition coefficient (Wildman–Crippen LogP) is 5.46. The Bertz CT molecular complexity index is 803. The maximum atomic E-state index is 6.37. The van der Waals surface area contributed by atoms with E-state index in [1.807, 2.05) is 12.1 Å². The van der Waals surface area contributed by atoms with Gasteiger partial charge in [-0.25, -0.2) is 0 Å². The number of ether oxygens (including phenoxy) is 1. The number of halogens is 2. The maximum absolute atomic E-state index is 6.37. The zero-order valence-electron chi connectivity index (χ0n) is 16.3. The molecule has 0 spiro atoms. The van der Waals surface area contributed by atoms with Crippen molar-refractivity contribution in [3.05, 3.63) is 57.6 Å². The van der Waals surface area contributed by atoms with Gasteiger partial charge in [-0.2, -0.15) is 0 Å². The summed E-state index contributed by atoms with van der Waals surface area (Å²) < 4.78 is 5.97. The maximum Gasteiger partial charge on any atom is 0.138 e. The van der Waals surface area contributed by atoms with Gasteiger partial charge in [0.05, 0.1) is 11.6 Å². The van der Waals surface area contributed by atoms with E-state index in [4.69, 9.17) is 27.9 Å². The van der Waals surface area contributed by atoms with Gasteiger partial charge in [0.2, 0.25) is 0 Å². The largest absolute Gasteiger partial charge is 0.492 e. The van der Waals surface area contributed by atoms with Gasteiger partial charge in [0.1, 0.15) is 5.75 Å². The number of anilines is 1. The van der Waals surface area contributed by atoms with E-state index in [1.54, 1.807) is 0 Å². The van der Waals surface area contributed by atoms with Crippen LogP contribution in [0.1, 0.15) is 30.4 Å². The van der Waals surface area contributed by atoms with Crippen LogP contribution in [0.25, 0.3) is 0 Å². The highest BCUT2D eigenvalue weighted by molar-refractivity contribution is 6.32. The van der Waals surface area contributed by atoms with Crippen LogP contribution in [0.4, 0.5) is 5.69 Å². The summed E-state index contributed by atoms with van der Waals surface area (Å²) in [6.45, 7) is 6.18. The summed E-state index contributed by atoms with van der Waals surface area (Å²) in [5, 5.41) is 1.57. The van der Waals surface area contributed by atoms with E-state index in [1.165, 1.54) is 23.2 Å². The quantitative estimate of drug-likeness (QED) is 0.554. The number of hydrogen-bond donors (Lipinski definition) is 0. The lowest BCUT2D eigenvalue weighted by Gasteiger charge is -2.36. The molecule has 1 fully saturated rings. The minimum absolute atomic E-state index is 0.737. The molecule has 2 aromatic rings. The Kier molecular flexibility index (Phi) is 6.66. The summed E-state index contributed by atoms with van der Waals surface area (Å²) in [5.74, 6) is 0.859. The first-order valence-electron chi connectivity index (χ1n) is 10.4. The number of fused-ring (bicyclic) bond motifs is 1. The number of aryl methyl sites for hydroxylation is 2. The lowest BCUT2D eigenvalue weighted by Crippen LogP contribution is -2.46. The molecule has 0 amide bonds. The highest BCUT2D eigenvalue weighted by atomic mass is 35.5. The van der Waals surface area contributed by atoms with E-state index < -0.39 is 0 Å². The first-order valence-corrected chi connectivity index (χ1v) is 11.1. The zero-order chi connectivity index (χ0) is 19.3. The Morgan fingerprint density at radius 2 is 1.68 bits per heavy atom. The molecule has 0 unspecified atom stereocenters. The zero-order valence-corrected chi connectivity index (χ0v) is 17.8. The third kappa shape index (κ3) is 4.94. The SMILES string of the molecule is Clc1cccc(N2CCN(CCCCOc3cc4c(cc3Cl)CCC4)CC2)c1. The molecule has 1 heterocycles. The van der Waals surface area contributed by atoms with Crippen LogP contribution >= 0.6 is 23.2 Å². The summed E-state index contributed by atoms with van der Waals surface area (Å²) >= 11 is 12.5. The van der Waals surface area contributed by atoms with Crippen LogP contribution < -0.4 is 9.64 Å². The van der Waals surface area contributed by atoms with Crippen LogP contribution in [-0.4, -0.2) is 44.2 Å². The second-order valence-electron chi connectivity index (χ2n) is 7.77. The highest BCUT2D eigenvalue weighted by Crippen LogP contribution is 2.33. The molecule has 1 aliphatic heterocycles. The predicted molar refractivity (Wildman–Crippen MR) is 118 cm³/mol. The topological polar surface area (TPSA) is 15.7 Å². The summed E-state index contributed by atoms with van der Waals surface area (Å²) in [6, 6.07) is 12.4. The number of nitrogens with zero attached hydrogens (tertiary/aromatic N) is 2. The molecule has 1 saturated heterocycles. The van der Waals surface area contributed by atoms with Crippen molar-refractivity contribution in [1.29, 1.82) is 0 Å². The van der Waals surface area contributed by atoms with Crippen LogP contribution in [-0.2, 0) is 12.8 Å². The van der Waals surface area contributed by atoms with E-state index in [0.29, 0.717) is 0 Å². The van der Waals surface area contributed by atoms with Gasteiger partial charge in [-0.15, -0.1) is 0 Å². The molecule has 0 N–H and O–H groups in total. The molecular formula is C23H28Cl2N2O. The van der Waals surface area contributed by atoms with Gasteiger partial charge in [0.15, 0.2) is 0 Å². The standard InChI is InChI=1S/C23H28Cl2N2O/c24-20-7-4-8-21(17-20)27-12-10-26(11-13-27)9-1-2-14-28-23-16-19-6-3-5-18(19)15-22(23)25/h4,7-8,15-17H,1-3,5-6,9-14H2. The van der Waals surface area contributed by atoms with E-state index in [-0.39, 0.29) is 0 Å². The second kappa shape index (κ2) is 9.39. The van der Waals surface area contributed by atoms with Gasteiger partial charge < -0.3 is 9.64 Å². The fraction of sp³-hybridized carbons (Fsp3) is 0.478. The fourth-order valence-corrected chi connectivity index (χ4v) is 4.63. The Balaban J connectivity index is 1.15. The van der Waals surface area contributed by atoms with Gasteiger partial charge in [-0.05, 0) is 80.1 Å². The lowest BCUT2D eigenvalue weighted by molar-refractivity contribution is 0.238. The van der Waals surface area contributed by atoms with Gasteiger partial charge in [0, 0.05) is 36.9 Å². The monoisotopic (exact) mass is 418 g/mol. The summed E-state index contributed by atoms with van der Waals surface area (Å²) in [7, 11) is 0. The molecule has 150 valence electrons. The minimum Gasteiger partial charge on any atom is -0.492 e. The molecule has 28 heavy (non-hydrogen) atoms. The summed E-state index contributed by atoms with van der Waals surface area (Å²) in [4.78, 5) is 4.96. The van der Waals surface area contributed by atoms with Crippen molar-refractivity contribution in [2.75, 3.05) is 44.2 Å². The van der Waals surface area contributed by atoms with Crippen molar-refractivity contribution < 1.29 is 4.74 Å². The molecule has 0 radical (unpaired) electrons. The van der Waals surface area contributed by atoms with Crippen molar-refractivity contribution in [2.24, 2.45) is 0 Å². The molecular weight excluding hydrogens is 391 g/mol. The first kappa shape index (κ1) is 19.9. The van der Waals surface area contributed by atoms with Gasteiger partial charge in [0.25, 0.3) is 0 Å². The van der Waals surface area contributed by atoms with E-state index in [2.05, 4.69) is 34.1 Å². The normalized spacial score (nSPS) is 17.0. The molecule has 0 bridgehead atoms. The van der Waals surface area contributed by atoms with Crippen LogP contribution in [0.2, 0.25) is 10.0 Å². The number of rotatable bonds is 7. The smallest absolute Gasteiger partial charge is 0.138 e. The number of benzene rings is 2. The van der Waals surface area contributed by atoms with E-state index >= 15 is 0 Å². The first-order chi connectivity index (χ1) is 13.7. The van der Waals surface area contributed by atoms with Gasteiger partial charge in [-0.1, -0.05) is 29.3 Å². The molecule has 5 heteroatoms. The van der Waals surface area contributed by atoms with E-state index in [9.17, 15) is 0 Å². The second-order valence-corrected chi connectivity index (χ2v) is 8.61. The average Bonchev–Trinajstić information content (AvgIpc) is 3.15. The van der Waals surface area contributed by atoms with Gasteiger partial charge >= 0.3 is 0 Å². The molecule has 0 saturated carbocycles. The van der Waals surface area contributed by atoms with Crippen molar-refractivity contribution in [1.82, 2.24) is 4.90 Å². The fourth-order valence-electron chi connectivity index (χ4n) is 4.20. The molecule has 0 aromatic heterocycles. The van der Waals surface area contributed by atoms with E-state index in [0.717, 1.165) is 80.8 Å². The highest BCUT2D eigenvalue weighted by Gasteiger charge is 2.17. The Labute approximate surface area is 178 Å². The Morgan fingerprint density at radius 1 is 0.893 bits per heavy atom. The minimum atomic E-state index is 0.737. The third-order valence-electron chi connectivity index (χ3n) is 5.82. The Morgan fingerprint density at radius 3 is 2.46 bits per heavy atom. The van der Waals surface area contributed by atoms with Crippen molar-refractivity contribution >= 4 is 28.9 Å². The van der Waals surface area contributed by atoms with Crippen molar-refractivity contribution in [2.45, 2.75) is 32.1 Å². The van der Waals surface area contributed by atoms with Crippen molar-refractivity contribution in [3.8, 4) is 5.75 Å². The summed E-state index contributed by atoms with van der Waals surface area (Å²) in [5.41, 5.74) is 4.04. The van der Waals surface area contributed by atoms with Crippen LogP contribution in [0.3, 0.4) is 0 Å².